The van der Waals surface area contributed by atoms with E-state index in [1.165, 1.54) is 13.3 Å². The number of imidazole rings is 1. The molecule has 0 aliphatic rings. The van der Waals surface area contributed by atoms with Crippen LogP contribution in [-0.4, -0.2) is 42.1 Å². The molecule has 0 amide bonds. The van der Waals surface area contributed by atoms with Crippen molar-refractivity contribution in [2.75, 3.05) is 12.9 Å². The zero-order valence-corrected chi connectivity index (χ0v) is 11.8. The summed E-state index contributed by atoms with van der Waals surface area (Å²) in [6.07, 6.45) is 1.39. The highest BCUT2D eigenvalue weighted by atomic mass is 32.2. The molecule has 1 heterocycles. The van der Waals surface area contributed by atoms with Gasteiger partial charge < -0.3 is 9.30 Å². The van der Waals surface area contributed by atoms with Gasteiger partial charge in [0.05, 0.1) is 24.3 Å². The second kappa shape index (κ2) is 5.51. The van der Waals surface area contributed by atoms with E-state index in [1.807, 2.05) is 0 Å². The molecule has 102 valence electrons. The Labute approximate surface area is 107 Å². The third-order valence-corrected chi connectivity index (χ3v) is 4.96. The summed E-state index contributed by atoms with van der Waals surface area (Å²) in [5.41, 5.74) is 0.272. The molecule has 0 saturated carbocycles. The fourth-order valence-corrected chi connectivity index (χ4v) is 2.38. The molecule has 1 aromatic rings. The molecule has 0 N–H and O–H groups in total. The van der Waals surface area contributed by atoms with Gasteiger partial charge in [0, 0.05) is 6.54 Å². The minimum atomic E-state index is -3.14. The van der Waals surface area contributed by atoms with Gasteiger partial charge in [-0.05, 0) is 20.8 Å². The predicted molar refractivity (Wildman–Crippen MR) is 67.2 cm³/mol. The first-order valence-corrected chi connectivity index (χ1v) is 7.33. The maximum atomic E-state index is 11.7. The van der Waals surface area contributed by atoms with Crippen molar-refractivity contribution >= 4 is 15.8 Å². The number of sulfone groups is 1. The van der Waals surface area contributed by atoms with E-state index in [0.29, 0.717) is 5.82 Å². The number of aryl methyl sites for hydroxylation is 1. The van der Waals surface area contributed by atoms with E-state index in [1.54, 1.807) is 25.3 Å². The molecule has 0 saturated heterocycles. The number of hydrogen-bond donors (Lipinski definition) is 0. The average Bonchev–Trinajstić information content (AvgIpc) is 2.67. The Morgan fingerprint density at radius 3 is 2.61 bits per heavy atom. The van der Waals surface area contributed by atoms with Gasteiger partial charge in [0.15, 0.2) is 9.84 Å². The van der Waals surface area contributed by atoms with Gasteiger partial charge >= 0.3 is 5.97 Å². The fraction of sp³-hybridized carbons (Fsp3) is 0.636. The first-order chi connectivity index (χ1) is 8.29. The van der Waals surface area contributed by atoms with E-state index in [2.05, 4.69) is 9.72 Å². The Morgan fingerprint density at radius 1 is 1.50 bits per heavy atom. The van der Waals surface area contributed by atoms with Crippen molar-refractivity contribution in [3.8, 4) is 0 Å². The molecule has 0 radical (unpaired) electrons. The van der Waals surface area contributed by atoms with Crippen LogP contribution in [0.1, 0.15) is 30.2 Å². The lowest BCUT2D eigenvalue weighted by atomic mass is 10.4. The summed E-state index contributed by atoms with van der Waals surface area (Å²) >= 11 is 0. The molecule has 1 aromatic heterocycles. The van der Waals surface area contributed by atoms with Gasteiger partial charge in [-0.15, -0.1) is 0 Å². The Balaban J connectivity index is 2.92. The molecule has 0 aliphatic carbocycles. The zero-order valence-electron chi connectivity index (χ0n) is 11.0. The lowest BCUT2D eigenvalue weighted by Crippen LogP contribution is -2.23. The minimum absolute atomic E-state index is 0.0220. The molecule has 0 aromatic carbocycles. The van der Waals surface area contributed by atoms with Crippen molar-refractivity contribution in [1.82, 2.24) is 9.55 Å². The fourth-order valence-electron chi connectivity index (χ4n) is 1.47. The van der Waals surface area contributed by atoms with Crippen LogP contribution in [-0.2, 0) is 21.1 Å². The minimum Gasteiger partial charge on any atom is -0.464 e. The molecule has 0 bridgehead atoms. The van der Waals surface area contributed by atoms with Crippen LogP contribution in [0.2, 0.25) is 0 Å². The Hall–Kier alpha value is -1.37. The molecular formula is C11H18N2O4S. The van der Waals surface area contributed by atoms with Crippen molar-refractivity contribution < 1.29 is 17.9 Å². The normalized spacial score (nSPS) is 11.8. The molecule has 0 unspecified atom stereocenters. The number of carbonyl (C=O) groups excluding carboxylic acids is 1. The highest BCUT2D eigenvalue weighted by molar-refractivity contribution is 7.91. The topological polar surface area (TPSA) is 78.3 Å². The third kappa shape index (κ3) is 3.10. The van der Waals surface area contributed by atoms with E-state index in [-0.39, 0.29) is 18.0 Å². The molecule has 0 spiro atoms. The summed E-state index contributed by atoms with van der Waals surface area (Å²) in [5.74, 6) is 0.0539. The smallest absolute Gasteiger partial charge is 0.356 e. The van der Waals surface area contributed by atoms with Gasteiger partial charge in [0.1, 0.15) is 11.5 Å². The lowest BCUT2D eigenvalue weighted by molar-refractivity contribution is 0.0588. The van der Waals surface area contributed by atoms with Crippen LogP contribution in [0.15, 0.2) is 6.20 Å². The predicted octanol–water partition coefficient (Wildman–Crippen LogP) is 0.801. The molecule has 18 heavy (non-hydrogen) atoms. The van der Waals surface area contributed by atoms with Crippen LogP contribution in [0.3, 0.4) is 0 Å². The molecule has 7 heteroatoms. The highest BCUT2D eigenvalue weighted by Crippen LogP contribution is 2.09. The van der Waals surface area contributed by atoms with Gasteiger partial charge in [-0.1, -0.05) is 0 Å². The first-order valence-electron chi connectivity index (χ1n) is 5.61. The van der Waals surface area contributed by atoms with Crippen molar-refractivity contribution in [2.24, 2.45) is 0 Å². The molecule has 1 rings (SSSR count). The molecule has 0 fully saturated rings. The summed E-state index contributed by atoms with van der Waals surface area (Å²) in [7, 11) is -1.86. The van der Waals surface area contributed by atoms with E-state index in [4.69, 9.17) is 0 Å². The van der Waals surface area contributed by atoms with Crippen LogP contribution in [0, 0.1) is 6.92 Å². The van der Waals surface area contributed by atoms with Crippen molar-refractivity contribution in [2.45, 2.75) is 32.6 Å². The summed E-state index contributed by atoms with van der Waals surface area (Å²) in [6, 6.07) is 0. The third-order valence-electron chi connectivity index (χ3n) is 2.77. The number of hydrogen-bond acceptors (Lipinski definition) is 5. The SMILES string of the molecule is COC(=O)c1cnc(C)n1CCS(=O)(=O)C(C)C. The largest absolute Gasteiger partial charge is 0.464 e. The van der Waals surface area contributed by atoms with Gasteiger partial charge in [-0.3, -0.25) is 0 Å². The lowest BCUT2D eigenvalue weighted by Gasteiger charge is -2.11. The summed E-state index contributed by atoms with van der Waals surface area (Å²) in [5, 5.41) is -0.428. The van der Waals surface area contributed by atoms with E-state index in [0.717, 1.165) is 0 Å². The maximum absolute atomic E-state index is 11.7. The number of rotatable bonds is 5. The van der Waals surface area contributed by atoms with Crippen LogP contribution in [0.4, 0.5) is 0 Å². The summed E-state index contributed by atoms with van der Waals surface area (Å²) in [4.78, 5) is 15.5. The van der Waals surface area contributed by atoms with Crippen LogP contribution < -0.4 is 0 Å². The van der Waals surface area contributed by atoms with Gasteiger partial charge in [0.2, 0.25) is 0 Å². The second-order valence-electron chi connectivity index (χ2n) is 4.25. The van der Waals surface area contributed by atoms with Crippen molar-refractivity contribution in [3.63, 3.8) is 0 Å². The van der Waals surface area contributed by atoms with E-state index < -0.39 is 21.1 Å². The van der Waals surface area contributed by atoms with Gasteiger partial charge in [-0.2, -0.15) is 0 Å². The number of ether oxygens (including phenoxy) is 1. The van der Waals surface area contributed by atoms with E-state index >= 15 is 0 Å². The Morgan fingerprint density at radius 2 is 2.11 bits per heavy atom. The number of nitrogens with zero attached hydrogens (tertiary/aromatic N) is 2. The molecule has 0 aliphatic heterocycles. The first kappa shape index (κ1) is 14.7. The standard InChI is InChI=1S/C11H18N2O4S/c1-8(2)18(15,16)6-5-13-9(3)12-7-10(13)11(14)17-4/h7-8H,5-6H2,1-4H3. The zero-order chi connectivity index (χ0) is 13.9. The number of esters is 1. The Bertz CT molecular complexity index is 531. The monoisotopic (exact) mass is 274 g/mol. The van der Waals surface area contributed by atoms with E-state index in [9.17, 15) is 13.2 Å². The van der Waals surface area contributed by atoms with Gasteiger partial charge in [0.25, 0.3) is 0 Å². The molecular weight excluding hydrogens is 256 g/mol. The van der Waals surface area contributed by atoms with Crippen LogP contribution in [0.5, 0.6) is 0 Å². The molecule has 0 atom stereocenters. The van der Waals surface area contributed by atoms with Crippen LogP contribution in [0.25, 0.3) is 0 Å². The van der Waals surface area contributed by atoms with Crippen molar-refractivity contribution in [3.05, 3.63) is 17.7 Å². The number of methoxy groups -OCH3 is 1. The maximum Gasteiger partial charge on any atom is 0.356 e. The quantitative estimate of drug-likeness (QED) is 0.742. The number of carbonyl (C=O) groups is 1. The Kier molecular flexibility index (Phi) is 4.50. The summed E-state index contributed by atoms with van der Waals surface area (Å²) in [6.45, 7) is 5.19. The van der Waals surface area contributed by atoms with Crippen molar-refractivity contribution in [1.29, 1.82) is 0 Å². The van der Waals surface area contributed by atoms with Gasteiger partial charge in [-0.25, -0.2) is 18.2 Å². The molecule has 6 nitrogen and oxygen atoms in total. The highest BCUT2D eigenvalue weighted by Gasteiger charge is 2.19. The average molecular weight is 274 g/mol. The second-order valence-corrected chi connectivity index (χ2v) is 6.93. The number of aromatic nitrogens is 2. The summed E-state index contributed by atoms with van der Waals surface area (Å²) < 4.78 is 29.7. The van der Waals surface area contributed by atoms with Crippen LogP contribution >= 0.6 is 0 Å².